The van der Waals surface area contributed by atoms with Gasteiger partial charge in [-0.3, -0.25) is 24.0 Å². The molecule has 2 amide bonds. The Kier molecular flexibility index (Phi) is 8.86. The SMILES string of the molecule is CCC(C(=O)NC(CC(=O)O)C(=O)COc1c(F)c(F)cc(F)c1F)n1cccc(NC(=O)C2CC2)c1=O. The Morgan fingerprint density at radius 1 is 1.13 bits per heavy atom. The van der Waals surface area contributed by atoms with Crippen LogP contribution in [0.5, 0.6) is 5.75 Å². The highest BCUT2D eigenvalue weighted by atomic mass is 19.2. The Bertz CT molecular complexity index is 1300. The van der Waals surface area contributed by atoms with Crippen molar-refractivity contribution in [2.24, 2.45) is 5.92 Å². The van der Waals surface area contributed by atoms with Crippen molar-refractivity contribution in [2.45, 2.75) is 44.7 Å². The third-order valence-electron chi connectivity index (χ3n) is 5.72. The second-order valence-electron chi connectivity index (χ2n) is 8.53. The van der Waals surface area contributed by atoms with Crippen molar-refractivity contribution >= 4 is 29.3 Å². The second-order valence-corrected chi connectivity index (χ2v) is 8.53. The van der Waals surface area contributed by atoms with E-state index in [2.05, 4.69) is 15.4 Å². The molecule has 1 heterocycles. The summed E-state index contributed by atoms with van der Waals surface area (Å²) in [7, 11) is 0. The summed E-state index contributed by atoms with van der Waals surface area (Å²) in [6, 6.07) is -0.323. The Labute approximate surface area is 212 Å². The highest BCUT2D eigenvalue weighted by molar-refractivity contribution is 5.94. The lowest BCUT2D eigenvalue weighted by Crippen LogP contribution is -2.48. The predicted molar refractivity (Wildman–Crippen MR) is 122 cm³/mol. The van der Waals surface area contributed by atoms with Crippen molar-refractivity contribution in [1.29, 1.82) is 0 Å². The van der Waals surface area contributed by atoms with Gasteiger partial charge in [-0.05, 0) is 31.4 Å². The average molecular weight is 541 g/mol. The molecule has 1 fully saturated rings. The number of carbonyl (C=O) groups is 4. The number of nitrogens with one attached hydrogen (secondary N) is 2. The van der Waals surface area contributed by atoms with E-state index in [-0.39, 0.29) is 30.0 Å². The van der Waals surface area contributed by atoms with Gasteiger partial charge in [0.15, 0.2) is 23.2 Å². The summed E-state index contributed by atoms with van der Waals surface area (Å²) in [5, 5.41) is 13.8. The van der Waals surface area contributed by atoms with Crippen LogP contribution in [-0.4, -0.2) is 45.9 Å². The molecule has 38 heavy (non-hydrogen) atoms. The molecule has 1 saturated carbocycles. The molecule has 0 bridgehead atoms. The zero-order valence-corrected chi connectivity index (χ0v) is 19.9. The molecular formula is C24H23F4N3O7. The second kappa shape index (κ2) is 11.9. The quantitative estimate of drug-likeness (QED) is 0.276. The number of carbonyl (C=O) groups excluding carboxylic acids is 3. The van der Waals surface area contributed by atoms with Crippen LogP contribution in [0.2, 0.25) is 0 Å². The molecule has 2 unspecified atom stereocenters. The summed E-state index contributed by atoms with van der Waals surface area (Å²) in [6.07, 6.45) is 1.70. The molecule has 0 spiro atoms. The maximum Gasteiger partial charge on any atom is 0.305 e. The van der Waals surface area contributed by atoms with E-state index in [1.54, 1.807) is 0 Å². The number of Topliss-reactive ketones (excluding diaryl/α,β-unsaturated/α-hetero) is 1. The molecule has 1 aromatic heterocycles. The molecule has 2 atom stereocenters. The fourth-order valence-electron chi connectivity index (χ4n) is 3.55. The minimum atomic E-state index is -1.91. The summed E-state index contributed by atoms with van der Waals surface area (Å²) in [5.41, 5.74) is -0.791. The van der Waals surface area contributed by atoms with Gasteiger partial charge in [-0.15, -0.1) is 0 Å². The lowest BCUT2D eigenvalue weighted by atomic mass is 10.1. The topological polar surface area (TPSA) is 144 Å². The molecule has 14 heteroatoms. The molecule has 1 aromatic carbocycles. The molecule has 2 aromatic rings. The highest BCUT2D eigenvalue weighted by Gasteiger charge is 2.32. The Morgan fingerprint density at radius 3 is 2.32 bits per heavy atom. The van der Waals surface area contributed by atoms with Gasteiger partial charge < -0.3 is 25.0 Å². The van der Waals surface area contributed by atoms with E-state index >= 15 is 0 Å². The summed E-state index contributed by atoms with van der Waals surface area (Å²) in [4.78, 5) is 61.8. The van der Waals surface area contributed by atoms with E-state index in [1.807, 2.05) is 0 Å². The number of hydrogen-bond acceptors (Lipinski definition) is 6. The smallest absolute Gasteiger partial charge is 0.305 e. The largest absolute Gasteiger partial charge is 0.481 e. The fraction of sp³-hybridized carbons (Fsp3) is 0.375. The number of amides is 2. The normalized spacial score (nSPS) is 14.3. The van der Waals surface area contributed by atoms with Crippen LogP contribution in [-0.2, 0) is 19.2 Å². The zero-order valence-electron chi connectivity index (χ0n) is 19.9. The first-order valence-corrected chi connectivity index (χ1v) is 11.5. The monoisotopic (exact) mass is 541 g/mol. The summed E-state index contributed by atoms with van der Waals surface area (Å²) in [6.45, 7) is 0.293. The number of pyridine rings is 1. The zero-order chi connectivity index (χ0) is 28.1. The van der Waals surface area contributed by atoms with Crippen molar-refractivity contribution in [2.75, 3.05) is 11.9 Å². The van der Waals surface area contributed by atoms with Gasteiger partial charge in [0.05, 0.1) is 6.42 Å². The van der Waals surface area contributed by atoms with E-state index in [4.69, 9.17) is 5.11 Å². The van der Waals surface area contributed by atoms with E-state index in [0.29, 0.717) is 12.8 Å². The fourth-order valence-corrected chi connectivity index (χ4v) is 3.55. The number of halogens is 4. The molecule has 0 radical (unpaired) electrons. The lowest BCUT2D eigenvalue weighted by Gasteiger charge is -2.22. The highest BCUT2D eigenvalue weighted by Crippen LogP contribution is 2.30. The molecule has 0 saturated heterocycles. The molecule has 0 aliphatic heterocycles. The minimum absolute atomic E-state index is 0.00916. The van der Waals surface area contributed by atoms with Crippen molar-refractivity contribution in [3.8, 4) is 5.75 Å². The van der Waals surface area contributed by atoms with Crippen molar-refractivity contribution in [3.05, 3.63) is 58.0 Å². The minimum Gasteiger partial charge on any atom is -0.481 e. The van der Waals surface area contributed by atoms with E-state index in [1.165, 1.54) is 25.3 Å². The number of anilines is 1. The van der Waals surface area contributed by atoms with Gasteiger partial charge in [0.1, 0.15) is 24.4 Å². The Morgan fingerprint density at radius 2 is 1.76 bits per heavy atom. The third kappa shape index (κ3) is 6.55. The van der Waals surface area contributed by atoms with Crippen molar-refractivity contribution in [1.82, 2.24) is 9.88 Å². The molecule has 204 valence electrons. The number of ketones is 1. The van der Waals surface area contributed by atoms with Crippen LogP contribution in [0, 0.1) is 29.2 Å². The van der Waals surface area contributed by atoms with Crippen molar-refractivity contribution < 1.29 is 46.6 Å². The Hall–Kier alpha value is -4.23. The van der Waals surface area contributed by atoms with Crippen LogP contribution < -0.4 is 20.9 Å². The van der Waals surface area contributed by atoms with Crippen LogP contribution in [0.25, 0.3) is 0 Å². The van der Waals surface area contributed by atoms with Crippen LogP contribution in [0.1, 0.15) is 38.6 Å². The van der Waals surface area contributed by atoms with Gasteiger partial charge in [-0.1, -0.05) is 6.92 Å². The average Bonchev–Trinajstić information content (AvgIpc) is 3.70. The van der Waals surface area contributed by atoms with Crippen LogP contribution in [0.4, 0.5) is 23.2 Å². The number of hydrogen-bond donors (Lipinski definition) is 3. The molecule has 1 aliphatic rings. The van der Waals surface area contributed by atoms with Crippen LogP contribution in [0.3, 0.4) is 0 Å². The molecular weight excluding hydrogens is 518 g/mol. The number of carboxylic acid groups (broad SMARTS) is 1. The molecule has 10 nitrogen and oxygen atoms in total. The number of ether oxygens (including phenoxy) is 1. The number of nitrogens with zero attached hydrogens (tertiary/aromatic N) is 1. The van der Waals surface area contributed by atoms with E-state index in [9.17, 15) is 41.5 Å². The van der Waals surface area contributed by atoms with Crippen molar-refractivity contribution in [3.63, 3.8) is 0 Å². The van der Waals surface area contributed by atoms with Crippen LogP contribution in [0.15, 0.2) is 29.2 Å². The molecule has 1 aliphatic carbocycles. The number of benzene rings is 1. The number of aromatic nitrogens is 1. The maximum absolute atomic E-state index is 13.8. The van der Waals surface area contributed by atoms with Gasteiger partial charge >= 0.3 is 5.97 Å². The number of aliphatic carboxylic acids is 1. The predicted octanol–water partition coefficient (Wildman–Crippen LogP) is 2.31. The first-order chi connectivity index (χ1) is 17.9. The molecule has 3 N–H and O–H groups in total. The van der Waals surface area contributed by atoms with Gasteiger partial charge in [0.25, 0.3) is 5.56 Å². The first kappa shape index (κ1) is 28.3. The first-order valence-electron chi connectivity index (χ1n) is 11.5. The summed E-state index contributed by atoms with van der Waals surface area (Å²) < 4.78 is 60.0. The summed E-state index contributed by atoms with van der Waals surface area (Å²) >= 11 is 0. The molecule has 3 rings (SSSR count). The van der Waals surface area contributed by atoms with Gasteiger partial charge in [0, 0.05) is 18.2 Å². The van der Waals surface area contributed by atoms with Crippen LogP contribution >= 0.6 is 0 Å². The number of carboxylic acids is 1. The van der Waals surface area contributed by atoms with Gasteiger partial charge in [0.2, 0.25) is 23.4 Å². The van der Waals surface area contributed by atoms with E-state index < -0.39 is 77.3 Å². The lowest BCUT2D eigenvalue weighted by molar-refractivity contribution is -0.140. The maximum atomic E-state index is 13.8. The summed E-state index contributed by atoms with van der Waals surface area (Å²) in [5.74, 6) is -13.1. The van der Waals surface area contributed by atoms with Gasteiger partial charge in [-0.2, -0.15) is 8.78 Å². The van der Waals surface area contributed by atoms with Gasteiger partial charge in [-0.25, -0.2) is 8.78 Å². The Balaban J connectivity index is 1.77. The number of rotatable bonds is 12. The third-order valence-corrected chi connectivity index (χ3v) is 5.72. The van der Waals surface area contributed by atoms with E-state index in [0.717, 1.165) is 4.57 Å². The standard InChI is InChI=1S/C24H23F4N3O7/c1-2-16(31-7-3-4-14(24(31)37)29-22(35)11-5-6-11)23(36)30-15(9-18(33)34)17(32)10-38-21-19(27)12(25)8-13(26)20(21)28/h3-4,7-8,11,15-16H,2,5-6,9-10H2,1H3,(H,29,35)(H,30,36)(H,33,34).